The molecule has 2 aliphatic rings. The summed E-state index contributed by atoms with van der Waals surface area (Å²) < 4.78 is 0. The van der Waals surface area contributed by atoms with Crippen molar-refractivity contribution in [2.24, 2.45) is 5.41 Å². The predicted octanol–water partition coefficient (Wildman–Crippen LogP) is 1.29. The van der Waals surface area contributed by atoms with Gasteiger partial charge in [0.15, 0.2) is 0 Å². The highest BCUT2D eigenvalue weighted by molar-refractivity contribution is 5.07. The molecular formula is C10H19NO. The van der Waals surface area contributed by atoms with Crippen LogP contribution >= 0.6 is 0 Å². The summed E-state index contributed by atoms with van der Waals surface area (Å²) in [5, 5.41) is 12.9. The smallest absolute Gasteiger partial charge is 0.0502 e. The monoisotopic (exact) mass is 169 g/mol. The van der Waals surface area contributed by atoms with E-state index >= 15 is 0 Å². The van der Waals surface area contributed by atoms with Crippen LogP contribution in [0, 0.1) is 5.41 Å². The van der Waals surface area contributed by atoms with E-state index in [1.54, 1.807) is 0 Å². The molecule has 0 spiro atoms. The Balaban J connectivity index is 2.00. The molecule has 0 amide bonds. The topological polar surface area (TPSA) is 32.3 Å². The first kappa shape index (κ1) is 8.52. The van der Waals surface area contributed by atoms with Crippen LogP contribution in [-0.4, -0.2) is 23.3 Å². The van der Waals surface area contributed by atoms with Gasteiger partial charge in [-0.25, -0.2) is 0 Å². The van der Waals surface area contributed by atoms with E-state index in [0.29, 0.717) is 18.2 Å². The van der Waals surface area contributed by atoms with Crippen molar-refractivity contribution in [2.75, 3.05) is 6.61 Å². The first-order chi connectivity index (χ1) is 5.58. The maximum Gasteiger partial charge on any atom is 0.0502 e. The van der Waals surface area contributed by atoms with E-state index in [1.807, 2.05) is 0 Å². The molecule has 2 N–H and O–H groups in total. The van der Waals surface area contributed by atoms with Gasteiger partial charge in [-0.3, -0.25) is 0 Å². The van der Waals surface area contributed by atoms with Crippen molar-refractivity contribution in [2.45, 2.75) is 51.1 Å². The fourth-order valence-corrected chi connectivity index (χ4v) is 2.36. The van der Waals surface area contributed by atoms with Gasteiger partial charge in [0.2, 0.25) is 0 Å². The van der Waals surface area contributed by atoms with Gasteiger partial charge in [-0.15, -0.1) is 0 Å². The number of aliphatic hydroxyl groups is 1. The number of hydrogen-bond acceptors (Lipinski definition) is 2. The largest absolute Gasteiger partial charge is 0.396 e. The Bertz CT molecular complexity index is 184. The van der Waals surface area contributed by atoms with Crippen LogP contribution in [0.5, 0.6) is 0 Å². The minimum atomic E-state index is 0.272. The number of rotatable bonds is 2. The Morgan fingerprint density at radius 1 is 1.33 bits per heavy atom. The van der Waals surface area contributed by atoms with E-state index in [0.717, 1.165) is 0 Å². The lowest BCUT2D eigenvalue weighted by molar-refractivity contribution is 0.173. The molecule has 0 aromatic carbocycles. The minimum absolute atomic E-state index is 0.272. The zero-order chi connectivity index (χ0) is 8.82. The summed E-state index contributed by atoms with van der Waals surface area (Å²) in [5.41, 5.74) is 0.573. The van der Waals surface area contributed by atoms with Crippen molar-refractivity contribution in [3.05, 3.63) is 0 Å². The zero-order valence-electron chi connectivity index (χ0n) is 8.06. The summed E-state index contributed by atoms with van der Waals surface area (Å²) in [6, 6.07) is 0.581. The molecule has 2 nitrogen and oxygen atoms in total. The molecule has 2 heteroatoms. The quantitative estimate of drug-likeness (QED) is 0.653. The van der Waals surface area contributed by atoms with Crippen LogP contribution in [0.2, 0.25) is 0 Å². The van der Waals surface area contributed by atoms with E-state index in [1.165, 1.54) is 25.7 Å². The molecule has 0 aromatic heterocycles. The van der Waals surface area contributed by atoms with Gasteiger partial charge in [-0.1, -0.05) is 0 Å². The molecule has 1 aliphatic heterocycles. The van der Waals surface area contributed by atoms with Crippen molar-refractivity contribution < 1.29 is 5.11 Å². The van der Waals surface area contributed by atoms with Gasteiger partial charge in [0.05, 0.1) is 6.61 Å². The van der Waals surface area contributed by atoms with E-state index in [9.17, 15) is 5.11 Å². The lowest BCUT2D eigenvalue weighted by atomic mass is 9.96. The summed E-state index contributed by atoms with van der Waals surface area (Å²) in [6.07, 6.45) is 4.93. The van der Waals surface area contributed by atoms with Crippen molar-refractivity contribution in [3.8, 4) is 0 Å². The molecule has 0 aromatic rings. The van der Waals surface area contributed by atoms with E-state index in [2.05, 4.69) is 19.2 Å². The lowest BCUT2D eigenvalue weighted by Gasteiger charge is -2.25. The molecule has 2 rings (SSSR count). The maximum absolute atomic E-state index is 9.25. The van der Waals surface area contributed by atoms with Crippen LogP contribution < -0.4 is 5.32 Å². The van der Waals surface area contributed by atoms with Crippen molar-refractivity contribution in [1.82, 2.24) is 5.32 Å². The molecular weight excluding hydrogens is 150 g/mol. The number of nitrogens with one attached hydrogen (secondary N) is 1. The molecule has 2 fully saturated rings. The molecule has 0 bridgehead atoms. The minimum Gasteiger partial charge on any atom is -0.396 e. The van der Waals surface area contributed by atoms with Crippen LogP contribution in [0.4, 0.5) is 0 Å². The van der Waals surface area contributed by atoms with Crippen LogP contribution in [0.15, 0.2) is 0 Å². The normalized spacial score (nSPS) is 36.8. The number of hydrogen-bond donors (Lipinski definition) is 2. The first-order valence-corrected chi connectivity index (χ1v) is 4.97. The van der Waals surface area contributed by atoms with Gasteiger partial charge in [0.1, 0.15) is 0 Å². The summed E-state index contributed by atoms with van der Waals surface area (Å²) in [6.45, 7) is 4.88. The van der Waals surface area contributed by atoms with Gasteiger partial charge in [0.25, 0.3) is 0 Å². The molecule has 70 valence electrons. The second-order valence-corrected chi connectivity index (χ2v) is 5.14. The van der Waals surface area contributed by atoms with Gasteiger partial charge < -0.3 is 10.4 Å². The van der Waals surface area contributed by atoms with Gasteiger partial charge in [-0.05, 0) is 39.5 Å². The van der Waals surface area contributed by atoms with Crippen molar-refractivity contribution >= 4 is 0 Å². The van der Waals surface area contributed by atoms with Gasteiger partial charge in [-0.2, -0.15) is 0 Å². The molecule has 1 aliphatic carbocycles. The van der Waals surface area contributed by atoms with Gasteiger partial charge in [0, 0.05) is 17.0 Å². The van der Waals surface area contributed by atoms with E-state index < -0.39 is 0 Å². The van der Waals surface area contributed by atoms with Crippen LogP contribution in [-0.2, 0) is 0 Å². The second kappa shape index (κ2) is 2.46. The highest BCUT2D eigenvalue weighted by Crippen LogP contribution is 2.51. The third-order valence-electron chi connectivity index (χ3n) is 3.57. The molecule has 12 heavy (non-hydrogen) atoms. The fourth-order valence-electron chi connectivity index (χ4n) is 2.36. The molecule has 1 heterocycles. The average Bonchev–Trinajstić information content (AvgIpc) is 2.72. The highest BCUT2D eigenvalue weighted by Gasteiger charge is 2.52. The molecule has 0 radical (unpaired) electrons. The summed E-state index contributed by atoms with van der Waals surface area (Å²) in [4.78, 5) is 0. The Morgan fingerprint density at radius 2 is 2.00 bits per heavy atom. The SMILES string of the molecule is CC1(C)CCC(C2(CO)CC2)N1. The fraction of sp³-hybridized carbons (Fsp3) is 1.00. The Kier molecular flexibility index (Phi) is 1.74. The standard InChI is InChI=1S/C10H19NO/c1-9(2)4-3-8(11-9)10(7-12)5-6-10/h8,11-12H,3-7H2,1-2H3. The third-order valence-corrected chi connectivity index (χ3v) is 3.57. The maximum atomic E-state index is 9.25. The lowest BCUT2D eigenvalue weighted by Crippen LogP contribution is -2.42. The number of aliphatic hydroxyl groups excluding tert-OH is 1. The Hall–Kier alpha value is -0.0800. The summed E-state index contributed by atoms with van der Waals surface area (Å²) in [5.74, 6) is 0. The summed E-state index contributed by atoms with van der Waals surface area (Å²) >= 11 is 0. The van der Waals surface area contributed by atoms with Crippen LogP contribution in [0.1, 0.15) is 39.5 Å². The summed E-state index contributed by atoms with van der Waals surface area (Å²) in [7, 11) is 0. The predicted molar refractivity (Wildman–Crippen MR) is 49.0 cm³/mol. The molecule has 1 unspecified atom stereocenters. The molecule has 1 saturated heterocycles. The van der Waals surface area contributed by atoms with E-state index in [4.69, 9.17) is 0 Å². The van der Waals surface area contributed by atoms with Crippen LogP contribution in [0.3, 0.4) is 0 Å². The Labute approximate surface area is 74.4 Å². The second-order valence-electron chi connectivity index (χ2n) is 5.14. The zero-order valence-corrected chi connectivity index (χ0v) is 8.06. The van der Waals surface area contributed by atoms with E-state index in [-0.39, 0.29) is 5.41 Å². The molecule has 1 saturated carbocycles. The molecule has 1 atom stereocenters. The third kappa shape index (κ3) is 1.27. The average molecular weight is 169 g/mol. The van der Waals surface area contributed by atoms with Crippen molar-refractivity contribution in [1.29, 1.82) is 0 Å². The van der Waals surface area contributed by atoms with Crippen molar-refractivity contribution in [3.63, 3.8) is 0 Å². The van der Waals surface area contributed by atoms with Crippen LogP contribution in [0.25, 0.3) is 0 Å². The first-order valence-electron chi connectivity index (χ1n) is 4.97. The highest BCUT2D eigenvalue weighted by atomic mass is 16.3. The Morgan fingerprint density at radius 3 is 2.33 bits per heavy atom. The van der Waals surface area contributed by atoms with Gasteiger partial charge >= 0.3 is 0 Å².